The molecule has 1 aliphatic rings. The van der Waals surface area contributed by atoms with Crippen molar-refractivity contribution in [3.05, 3.63) is 35.2 Å². The molecule has 0 bridgehead atoms. The minimum atomic E-state index is -0.180. The van der Waals surface area contributed by atoms with E-state index in [0.29, 0.717) is 31.2 Å². The largest absolute Gasteiger partial charge is 0.486 e. The molecule has 0 aliphatic carbocycles. The maximum atomic E-state index is 12.7. The number of benzene rings is 1. The molecule has 1 aromatic heterocycles. The number of nitriles is 1. The molecule has 0 radical (unpaired) electrons. The highest BCUT2D eigenvalue weighted by molar-refractivity contribution is 7.17. The van der Waals surface area contributed by atoms with Crippen molar-refractivity contribution in [1.82, 2.24) is 4.90 Å². The lowest BCUT2D eigenvalue weighted by Gasteiger charge is -2.21. The Bertz CT molecular complexity index is 809. The van der Waals surface area contributed by atoms with E-state index in [4.69, 9.17) is 14.7 Å². The van der Waals surface area contributed by atoms with Crippen molar-refractivity contribution in [2.45, 2.75) is 13.8 Å². The van der Waals surface area contributed by atoms with Crippen LogP contribution in [-0.2, 0) is 0 Å². The quantitative estimate of drug-likeness (QED) is 0.817. The van der Waals surface area contributed by atoms with Crippen LogP contribution in [0.4, 0.5) is 0 Å². The Balaban J connectivity index is 1.80. The summed E-state index contributed by atoms with van der Waals surface area (Å²) in [6.45, 7) is 5.90. The minimum absolute atomic E-state index is 0.0293. The molecule has 25 heavy (non-hydrogen) atoms. The van der Waals surface area contributed by atoms with E-state index in [2.05, 4.69) is 6.07 Å². The van der Waals surface area contributed by atoms with E-state index in [1.54, 1.807) is 4.90 Å². The van der Waals surface area contributed by atoms with E-state index < -0.39 is 0 Å². The predicted molar refractivity (Wildman–Crippen MR) is 97.1 cm³/mol. The van der Waals surface area contributed by atoms with Gasteiger partial charge in [-0.1, -0.05) is 0 Å². The molecule has 2 aromatic rings. The molecule has 0 fully saturated rings. The van der Waals surface area contributed by atoms with Gasteiger partial charge in [0.25, 0.3) is 5.91 Å². The van der Waals surface area contributed by atoms with E-state index in [0.717, 1.165) is 21.9 Å². The molecule has 0 saturated carbocycles. The number of hydrogen-bond donors (Lipinski definition) is 0. The average Bonchev–Trinajstić information content (AvgIpc) is 3.15. The van der Waals surface area contributed by atoms with Crippen LogP contribution in [0.25, 0.3) is 10.4 Å². The van der Waals surface area contributed by atoms with Crippen molar-refractivity contribution in [1.29, 1.82) is 5.26 Å². The van der Waals surface area contributed by atoms with Crippen molar-refractivity contribution >= 4 is 17.2 Å². The number of hydrogen-bond acceptors (Lipinski definition) is 5. The van der Waals surface area contributed by atoms with Crippen LogP contribution < -0.4 is 9.47 Å². The number of thiophene rings is 1. The topological polar surface area (TPSA) is 62.6 Å². The van der Waals surface area contributed by atoms with Gasteiger partial charge in [-0.3, -0.25) is 4.79 Å². The van der Waals surface area contributed by atoms with Gasteiger partial charge in [0, 0.05) is 18.0 Å². The Hall–Kier alpha value is -2.52. The fraction of sp³-hybridized carbons (Fsp3) is 0.368. The molecule has 0 saturated heterocycles. The van der Waals surface area contributed by atoms with Crippen LogP contribution in [0.15, 0.2) is 30.3 Å². The van der Waals surface area contributed by atoms with Crippen molar-refractivity contribution in [3.8, 4) is 28.0 Å². The second kappa shape index (κ2) is 7.58. The smallest absolute Gasteiger partial charge is 0.263 e. The molecule has 1 unspecified atom stereocenters. The zero-order chi connectivity index (χ0) is 17.8. The monoisotopic (exact) mass is 356 g/mol. The molecular weight excluding hydrogens is 336 g/mol. The Kier molecular flexibility index (Phi) is 5.25. The first-order chi connectivity index (χ1) is 12.1. The van der Waals surface area contributed by atoms with Crippen molar-refractivity contribution < 1.29 is 14.3 Å². The minimum Gasteiger partial charge on any atom is -0.486 e. The molecule has 5 nitrogen and oxygen atoms in total. The second-order valence-electron chi connectivity index (χ2n) is 5.90. The zero-order valence-corrected chi connectivity index (χ0v) is 15.1. The third-order valence-electron chi connectivity index (χ3n) is 4.03. The lowest BCUT2D eigenvalue weighted by Crippen LogP contribution is -2.33. The maximum Gasteiger partial charge on any atom is 0.263 e. The standard InChI is InChI=1S/C19H20N2O3S/c1-3-21(12-13(2)11-20)19(22)18-7-6-17(25-18)14-4-5-15-16(10-14)24-9-8-23-15/h4-7,10,13H,3,8-9,12H2,1-2H3. The van der Waals surface area contributed by atoms with Crippen molar-refractivity contribution in [3.63, 3.8) is 0 Å². The number of carbonyl (C=O) groups is 1. The molecule has 2 heterocycles. The Labute approximate surface area is 151 Å². The van der Waals surface area contributed by atoms with Gasteiger partial charge in [0.05, 0.1) is 16.9 Å². The first-order valence-corrected chi connectivity index (χ1v) is 9.12. The summed E-state index contributed by atoms with van der Waals surface area (Å²) >= 11 is 1.45. The zero-order valence-electron chi connectivity index (χ0n) is 14.3. The third-order valence-corrected chi connectivity index (χ3v) is 5.15. The number of amides is 1. The lowest BCUT2D eigenvalue weighted by molar-refractivity contribution is 0.0757. The Morgan fingerprint density at radius 3 is 2.76 bits per heavy atom. The number of carbonyl (C=O) groups excluding carboxylic acids is 1. The molecule has 1 atom stereocenters. The summed E-state index contributed by atoms with van der Waals surface area (Å²) < 4.78 is 11.2. The first kappa shape index (κ1) is 17.3. The molecule has 6 heteroatoms. The summed E-state index contributed by atoms with van der Waals surface area (Å²) in [4.78, 5) is 16.1. The van der Waals surface area contributed by atoms with Crippen LogP contribution in [0.1, 0.15) is 23.5 Å². The highest BCUT2D eigenvalue weighted by atomic mass is 32.1. The van der Waals surface area contributed by atoms with Crippen molar-refractivity contribution in [2.75, 3.05) is 26.3 Å². The molecular formula is C19H20N2O3S. The summed E-state index contributed by atoms with van der Waals surface area (Å²) in [6, 6.07) is 11.8. The Morgan fingerprint density at radius 2 is 2.04 bits per heavy atom. The summed E-state index contributed by atoms with van der Waals surface area (Å²) in [7, 11) is 0. The average molecular weight is 356 g/mol. The van der Waals surface area contributed by atoms with E-state index >= 15 is 0 Å². The second-order valence-corrected chi connectivity index (χ2v) is 6.98. The molecule has 3 rings (SSSR count). The van der Waals surface area contributed by atoms with Crippen LogP contribution in [-0.4, -0.2) is 37.1 Å². The van der Waals surface area contributed by atoms with Gasteiger partial charge in [-0.05, 0) is 49.7 Å². The van der Waals surface area contributed by atoms with E-state index in [9.17, 15) is 4.79 Å². The molecule has 130 valence electrons. The fourth-order valence-electron chi connectivity index (χ4n) is 2.69. The summed E-state index contributed by atoms with van der Waals surface area (Å²) in [5.74, 6) is 1.29. The number of ether oxygens (including phenoxy) is 2. The van der Waals surface area contributed by atoms with Gasteiger partial charge in [-0.25, -0.2) is 0 Å². The van der Waals surface area contributed by atoms with Crippen LogP contribution in [0.2, 0.25) is 0 Å². The van der Waals surface area contributed by atoms with Gasteiger partial charge in [0.2, 0.25) is 0 Å². The lowest BCUT2D eigenvalue weighted by atomic mass is 10.1. The number of rotatable bonds is 5. The van der Waals surface area contributed by atoms with Crippen LogP contribution in [0, 0.1) is 17.2 Å². The van der Waals surface area contributed by atoms with Gasteiger partial charge in [-0.15, -0.1) is 11.3 Å². The summed E-state index contributed by atoms with van der Waals surface area (Å²) in [5, 5.41) is 8.97. The normalized spacial score (nSPS) is 13.8. The highest BCUT2D eigenvalue weighted by Gasteiger charge is 2.19. The van der Waals surface area contributed by atoms with E-state index in [1.165, 1.54) is 11.3 Å². The Morgan fingerprint density at radius 1 is 1.28 bits per heavy atom. The van der Waals surface area contributed by atoms with Gasteiger partial charge >= 0.3 is 0 Å². The van der Waals surface area contributed by atoms with Crippen LogP contribution in [0.5, 0.6) is 11.5 Å². The predicted octanol–water partition coefficient (Wildman–Crippen LogP) is 3.81. The molecule has 1 amide bonds. The van der Waals surface area contributed by atoms with Crippen LogP contribution >= 0.6 is 11.3 Å². The highest BCUT2D eigenvalue weighted by Crippen LogP contribution is 2.37. The van der Waals surface area contributed by atoms with E-state index in [1.807, 2.05) is 44.2 Å². The molecule has 0 N–H and O–H groups in total. The molecule has 1 aromatic carbocycles. The van der Waals surface area contributed by atoms with E-state index in [-0.39, 0.29) is 11.8 Å². The van der Waals surface area contributed by atoms with Gasteiger partial charge in [-0.2, -0.15) is 5.26 Å². The van der Waals surface area contributed by atoms with Crippen molar-refractivity contribution in [2.24, 2.45) is 5.92 Å². The third kappa shape index (κ3) is 3.77. The number of fused-ring (bicyclic) bond motifs is 1. The van der Waals surface area contributed by atoms with Gasteiger partial charge in [0.1, 0.15) is 13.2 Å². The first-order valence-electron chi connectivity index (χ1n) is 8.31. The summed E-state index contributed by atoms with van der Waals surface area (Å²) in [5.41, 5.74) is 1.00. The van der Waals surface area contributed by atoms with Gasteiger partial charge in [0.15, 0.2) is 11.5 Å². The fourth-order valence-corrected chi connectivity index (χ4v) is 3.66. The van der Waals surface area contributed by atoms with Gasteiger partial charge < -0.3 is 14.4 Å². The van der Waals surface area contributed by atoms with Crippen LogP contribution in [0.3, 0.4) is 0 Å². The SMILES string of the molecule is CCN(CC(C)C#N)C(=O)c1ccc(-c2ccc3c(c2)OCCO3)s1. The molecule has 1 aliphatic heterocycles. The maximum absolute atomic E-state index is 12.7. The number of nitrogens with zero attached hydrogens (tertiary/aromatic N) is 2. The molecule has 0 spiro atoms. The summed E-state index contributed by atoms with van der Waals surface area (Å²) in [6.07, 6.45) is 0.